The van der Waals surface area contributed by atoms with E-state index in [4.69, 9.17) is 5.11 Å². The number of carbonyl (C=O) groups excluding carboxylic acids is 2. The van der Waals surface area contributed by atoms with E-state index < -0.39 is 5.97 Å². The third kappa shape index (κ3) is 3.89. The van der Waals surface area contributed by atoms with Crippen molar-refractivity contribution in [3.63, 3.8) is 0 Å². The van der Waals surface area contributed by atoms with Crippen LogP contribution in [0.15, 0.2) is 24.3 Å². The molecule has 0 saturated carbocycles. The second-order valence-corrected chi connectivity index (χ2v) is 7.45. The van der Waals surface area contributed by atoms with Crippen LogP contribution in [0.3, 0.4) is 0 Å². The molecule has 0 bridgehead atoms. The van der Waals surface area contributed by atoms with Crippen molar-refractivity contribution in [2.24, 2.45) is 11.8 Å². The zero-order valence-electron chi connectivity index (χ0n) is 15.5. The highest BCUT2D eigenvalue weighted by Crippen LogP contribution is 2.45. The van der Waals surface area contributed by atoms with Crippen LogP contribution in [0, 0.1) is 17.7 Å². The smallest absolute Gasteiger partial charge is 0.320 e. The lowest BCUT2D eigenvalue weighted by atomic mass is 9.89. The summed E-state index contributed by atoms with van der Waals surface area (Å²) in [4.78, 5) is 40.6. The first kappa shape index (κ1) is 19.1. The van der Waals surface area contributed by atoms with Crippen LogP contribution in [0.25, 0.3) is 0 Å². The van der Waals surface area contributed by atoms with Gasteiger partial charge < -0.3 is 19.8 Å². The molecule has 3 amide bonds. The molecule has 146 valence electrons. The zero-order chi connectivity index (χ0) is 19.7. The van der Waals surface area contributed by atoms with Crippen molar-refractivity contribution in [1.82, 2.24) is 14.7 Å². The van der Waals surface area contributed by atoms with Gasteiger partial charge in [-0.15, -0.1) is 0 Å². The number of benzene rings is 1. The normalized spacial score (nSPS) is 24.0. The van der Waals surface area contributed by atoms with E-state index in [9.17, 15) is 18.8 Å². The van der Waals surface area contributed by atoms with E-state index in [0.717, 1.165) is 5.56 Å². The monoisotopic (exact) mass is 377 g/mol. The molecule has 1 N–H and O–H groups in total. The number of nitrogens with zero attached hydrogens (tertiary/aromatic N) is 3. The van der Waals surface area contributed by atoms with Crippen LogP contribution in [0.1, 0.15) is 24.4 Å². The Morgan fingerprint density at radius 1 is 1.19 bits per heavy atom. The number of carboxylic acids is 1. The topological polar surface area (TPSA) is 81.2 Å². The standard InChI is InChI=1S/C19H24FN3O4/c1-21(2)19(27)23-10-13-9-22(16(24)6-7-17(25)26)11-15(13)18(23)12-4-3-5-14(20)8-12/h3-5,8,13,15,18H,6-7,9-11H2,1-2H3,(H,25,26)/t13-,15-,18-/m1/s1. The first-order valence-corrected chi connectivity index (χ1v) is 9.01. The Morgan fingerprint density at radius 3 is 2.56 bits per heavy atom. The number of aliphatic carboxylic acids is 1. The van der Waals surface area contributed by atoms with Crippen LogP contribution >= 0.6 is 0 Å². The molecule has 0 aliphatic carbocycles. The van der Waals surface area contributed by atoms with Gasteiger partial charge in [0.2, 0.25) is 5.91 Å². The van der Waals surface area contributed by atoms with Crippen LogP contribution in [-0.4, -0.2) is 71.4 Å². The van der Waals surface area contributed by atoms with Gasteiger partial charge in [-0.25, -0.2) is 9.18 Å². The Hall–Kier alpha value is -2.64. The molecule has 1 aromatic rings. The molecule has 0 spiro atoms. The number of carboxylic acid groups (broad SMARTS) is 1. The maximum atomic E-state index is 13.8. The summed E-state index contributed by atoms with van der Waals surface area (Å²) in [5.41, 5.74) is 0.720. The molecule has 2 aliphatic rings. The molecule has 0 radical (unpaired) electrons. The minimum absolute atomic E-state index is 0.00415. The fourth-order valence-electron chi connectivity index (χ4n) is 4.19. The first-order valence-electron chi connectivity index (χ1n) is 9.01. The Morgan fingerprint density at radius 2 is 1.93 bits per heavy atom. The number of rotatable bonds is 4. The second-order valence-electron chi connectivity index (χ2n) is 7.45. The summed E-state index contributed by atoms with van der Waals surface area (Å²) < 4.78 is 13.8. The Bertz CT molecular complexity index is 754. The first-order chi connectivity index (χ1) is 12.8. The Balaban J connectivity index is 1.82. The van der Waals surface area contributed by atoms with Crippen molar-refractivity contribution in [2.45, 2.75) is 18.9 Å². The van der Waals surface area contributed by atoms with Crippen LogP contribution in [0.2, 0.25) is 0 Å². The number of carbonyl (C=O) groups is 3. The van der Waals surface area contributed by atoms with Gasteiger partial charge in [0.05, 0.1) is 12.5 Å². The molecular formula is C19H24FN3O4. The molecule has 3 rings (SSSR count). The van der Waals surface area contributed by atoms with Gasteiger partial charge in [-0.1, -0.05) is 12.1 Å². The minimum atomic E-state index is -0.997. The fraction of sp³-hybridized carbons (Fsp3) is 0.526. The lowest BCUT2D eigenvalue weighted by Crippen LogP contribution is -2.42. The number of fused-ring (bicyclic) bond motifs is 1. The predicted molar refractivity (Wildman–Crippen MR) is 95.4 cm³/mol. The molecule has 0 unspecified atom stereocenters. The molecule has 3 atom stereocenters. The number of amides is 3. The van der Waals surface area contributed by atoms with Gasteiger partial charge in [-0.2, -0.15) is 0 Å². The number of likely N-dealkylation sites (tertiary alicyclic amines) is 2. The molecule has 2 aliphatic heterocycles. The summed E-state index contributed by atoms with van der Waals surface area (Å²) in [6.07, 6.45) is -0.219. The molecule has 2 fully saturated rings. The lowest BCUT2D eigenvalue weighted by Gasteiger charge is -2.32. The predicted octanol–water partition coefficient (Wildman–Crippen LogP) is 1.80. The highest BCUT2D eigenvalue weighted by Gasteiger charge is 2.50. The summed E-state index contributed by atoms with van der Waals surface area (Å²) in [5.74, 6) is -1.44. The number of hydrogen-bond acceptors (Lipinski definition) is 3. The molecule has 2 heterocycles. The molecular weight excluding hydrogens is 353 g/mol. The zero-order valence-corrected chi connectivity index (χ0v) is 15.5. The number of hydrogen-bond donors (Lipinski definition) is 1. The van der Waals surface area contributed by atoms with Gasteiger partial charge in [0, 0.05) is 52.0 Å². The van der Waals surface area contributed by atoms with Gasteiger partial charge in [-0.3, -0.25) is 9.59 Å². The lowest BCUT2D eigenvalue weighted by molar-refractivity contribution is -0.140. The number of halogens is 1. The maximum absolute atomic E-state index is 13.8. The van der Waals surface area contributed by atoms with E-state index in [1.807, 2.05) is 0 Å². The largest absolute Gasteiger partial charge is 0.481 e. The van der Waals surface area contributed by atoms with Gasteiger partial charge in [0.1, 0.15) is 5.82 Å². The van der Waals surface area contributed by atoms with Crippen molar-refractivity contribution in [3.05, 3.63) is 35.6 Å². The third-order valence-electron chi connectivity index (χ3n) is 5.39. The molecule has 0 aromatic heterocycles. The van der Waals surface area contributed by atoms with Crippen molar-refractivity contribution in [2.75, 3.05) is 33.7 Å². The van der Waals surface area contributed by atoms with Crippen molar-refractivity contribution >= 4 is 17.9 Å². The summed E-state index contributed by atoms with van der Waals surface area (Å²) in [6.45, 7) is 1.43. The summed E-state index contributed by atoms with van der Waals surface area (Å²) in [6, 6.07) is 5.80. The molecule has 1 aromatic carbocycles. The van der Waals surface area contributed by atoms with Crippen molar-refractivity contribution < 1.29 is 23.9 Å². The second kappa shape index (κ2) is 7.54. The molecule has 7 nitrogen and oxygen atoms in total. The summed E-state index contributed by atoms with van der Waals surface area (Å²) in [5, 5.41) is 8.78. The van der Waals surface area contributed by atoms with Crippen molar-refractivity contribution in [3.8, 4) is 0 Å². The van der Waals surface area contributed by atoms with E-state index in [0.29, 0.717) is 19.6 Å². The highest BCUT2D eigenvalue weighted by molar-refractivity contribution is 5.81. The van der Waals surface area contributed by atoms with E-state index >= 15 is 0 Å². The van der Waals surface area contributed by atoms with Crippen LogP contribution in [0.4, 0.5) is 9.18 Å². The minimum Gasteiger partial charge on any atom is -0.481 e. The maximum Gasteiger partial charge on any atom is 0.320 e. The van der Waals surface area contributed by atoms with Crippen molar-refractivity contribution in [1.29, 1.82) is 0 Å². The Kier molecular flexibility index (Phi) is 5.34. The van der Waals surface area contributed by atoms with E-state index in [1.54, 1.807) is 36.0 Å². The number of urea groups is 1. The summed E-state index contributed by atoms with van der Waals surface area (Å²) >= 11 is 0. The van der Waals surface area contributed by atoms with Crippen LogP contribution in [0.5, 0.6) is 0 Å². The average molecular weight is 377 g/mol. The molecule has 8 heteroatoms. The van der Waals surface area contributed by atoms with Gasteiger partial charge >= 0.3 is 12.0 Å². The highest BCUT2D eigenvalue weighted by atomic mass is 19.1. The van der Waals surface area contributed by atoms with Crippen LogP contribution < -0.4 is 0 Å². The van der Waals surface area contributed by atoms with E-state index in [1.165, 1.54) is 17.0 Å². The fourth-order valence-corrected chi connectivity index (χ4v) is 4.19. The van der Waals surface area contributed by atoms with E-state index in [2.05, 4.69) is 0 Å². The van der Waals surface area contributed by atoms with Crippen LogP contribution in [-0.2, 0) is 9.59 Å². The SMILES string of the molecule is CN(C)C(=O)N1C[C@H]2CN(C(=O)CCC(=O)O)C[C@H]2[C@H]1c1cccc(F)c1. The molecule has 27 heavy (non-hydrogen) atoms. The van der Waals surface area contributed by atoms with Gasteiger partial charge in [-0.05, 0) is 17.7 Å². The van der Waals surface area contributed by atoms with Gasteiger partial charge in [0.15, 0.2) is 0 Å². The van der Waals surface area contributed by atoms with E-state index in [-0.39, 0.29) is 48.5 Å². The average Bonchev–Trinajstić information content (AvgIpc) is 3.16. The quantitative estimate of drug-likeness (QED) is 0.868. The third-order valence-corrected chi connectivity index (χ3v) is 5.39. The van der Waals surface area contributed by atoms with Gasteiger partial charge in [0.25, 0.3) is 0 Å². The molecule has 2 saturated heterocycles. The Labute approximate surface area is 157 Å². The summed E-state index contributed by atoms with van der Waals surface area (Å²) in [7, 11) is 3.36.